The fraction of sp³-hybridized carbons (Fsp3) is 0.351. The maximum absolute atomic E-state index is 13.8. The Hall–Kier alpha value is -9.86. The highest BCUT2D eigenvalue weighted by molar-refractivity contribution is 6.03. The summed E-state index contributed by atoms with van der Waals surface area (Å²) in [6.07, 6.45) is 12.7. The van der Waals surface area contributed by atoms with Crippen LogP contribution in [0.1, 0.15) is 125 Å². The third-order valence-electron chi connectivity index (χ3n) is 18.7. The van der Waals surface area contributed by atoms with Crippen molar-refractivity contribution in [3.63, 3.8) is 0 Å². The Morgan fingerprint density at radius 1 is 0.577 bits per heavy atom. The quantitative estimate of drug-likeness (QED) is 0.0183. The van der Waals surface area contributed by atoms with Crippen LogP contribution in [0.2, 0.25) is 0 Å². The van der Waals surface area contributed by atoms with Gasteiger partial charge in [0, 0.05) is 103 Å². The summed E-state index contributed by atoms with van der Waals surface area (Å²) in [5, 5.41) is 41.2. The number of ether oxygens (including phenoxy) is 5. The molecule has 0 radical (unpaired) electrons. The fourth-order valence-electron chi connectivity index (χ4n) is 14.1. The highest BCUT2D eigenvalue weighted by atomic mass is 16.6. The van der Waals surface area contributed by atoms with Gasteiger partial charge in [-0.05, 0) is 145 Å². The van der Waals surface area contributed by atoms with Crippen LogP contribution in [0, 0.1) is 0 Å². The van der Waals surface area contributed by atoms with Crippen LogP contribution in [-0.2, 0) is 67.2 Å². The first-order chi connectivity index (χ1) is 47.5. The minimum absolute atomic E-state index is 0.0512. The number of phenolic OH excluding ortho intramolecular Hbond substituents is 1. The summed E-state index contributed by atoms with van der Waals surface area (Å²) in [4.78, 5) is 70.2. The van der Waals surface area contributed by atoms with Crippen LogP contribution < -0.4 is 45.6 Å². The zero-order valence-corrected chi connectivity index (χ0v) is 54.5. The molecule has 6 aliphatic rings. The number of aromatic hydroxyl groups is 1. The van der Waals surface area contributed by atoms with Crippen LogP contribution in [0.25, 0.3) is 17.7 Å². The highest BCUT2D eigenvalue weighted by Crippen LogP contribution is 2.49. The third kappa shape index (κ3) is 15.2. The number of amides is 4. The predicted octanol–water partition coefficient (Wildman–Crippen LogP) is 9.32. The molecule has 7 aromatic carbocycles. The number of nitrogens with one attached hydrogen (secondary N) is 3. The standard InChI is InChI=1S/C77H80N8O12/c86-67-45-50(27-30-79-76(90)56-22-25-59(62(48-56)77(91)92)70-63-46-54-12-5-33-83-35-7-14-60(71(54)83)73(63)97-74-61-15-8-36-84-34-6-13-55(72(61)84)47-64(70)74)17-26-65(67)82-81-58-23-20-53(21-24-58)75(89)80-32-38-94-40-42-96-44-43-95-41-39-93-37-29-68(87)78-31-28-69(88)85-49-57-11-2-1-9-51(57)18-19-52-10-3-4-16-66(52)85/h1-4,9-11,16-26,45-48H,5-8,12-15,27-44,49H2,(H4-,78,79,80,81,86,87,89,90,91,92)/p+1/b19-18-. The smallest absolute Gasteiger partial charge is 0.336 e. The number of phenols is 1. The summed E-state index contributed by atoms with van der Waals surface area (Å²) in [5.41, 5.74) is 14.7. The molecule has 7 aromatic rings. The first-order valence-corrected chi connectivity index (χ1v) is 34.0. The Balaban J connectivity index is 0.504. The van der Waals surface area contributed by atoms with E-state index in [1.165, 1.54) is 39.4 Å². The van der Waals surface area contributed by atoms with E-state index in [1.54, 1.807) is 59.5 Å². The second-order valence-electron chi connectivity index (χ2n) is 25.1. The highest BCUT2D eigenvalue weighted by Gasteiger charge is 2.37. The van der Waals surface area contributed by atoms with Crippen molar-refractivity contribution in [2.45, 2.75) is 77.2 Å². The Morgan fingerprint density at radius 2 is 1.26 bits per heavy atom. The number of hydrogen-bond acceptors (Lipinski definition) is 14. The second-order valence-corrected chi connectivity index (χ2v) is 25.1. The lowest BCUT2D eigenvalue weighted by Gasteiger charge is -2.39. The van der Waals surface area contributed by atoms with Crippen molar-refractivity contribution in [1.82, 2.24) is 20.5 Å². The van der Waals surface area contributed by atoms with Gasteiger partial charge in [-0.15, -0.1) is 5.11 Å². The van der Waals surface area contributed by atoms with Gasteiger partial charge in [0.15, 0.2) is 0 Å². The summed E-state index contributed by atoms with van der Waals surface area (Å²) in [6.45, 7) is 7.87. The monoisotopic (exact) mass is 1310 g/mol. The number of aromatic carboxylic acids is 1. The first-order valence-electron chi connectivity index (χ1n) is 34.0. The topological polar surface area (TPSA) is 242 Å². The molecule has 4 amide bonds. The third-order valence-corrected chi connectivity index (χ3v) is 18.7. The number of nitrogens with zero attached hydrogens (tertiary/aromatic N) is 5. The predicted molar refractivity (Wildman–Crippen MR) is 369 cm³/mol. The van der Waals surface area contributed by atoms with Crippen molar-refractivity contribution in [3.8, 4) is 17.2 Å². The molecule has 0 aromatic heterocycles. The molecule has 0 unspecified atom stereocenters. The largest absolute Gasteiger partial charge is 0.506 e. The molecule has 0 aliphatic carbocycles. The number of anilines is 2. The van der Waals surface area contributed by atoms with E-state index < -0.39 is 11.9 Å². The number of hydrogen-bond donors (Lipinski definition) is 5. The van der Waals surface area contributed by atoms with Crippen LogP contribution in [0.15, 0.2) is 132 Å². The molecule has 0 atom stereocenters. The van der Waals surface area contributed by atoms with Gasteiger partial charge in [-0.3, -0.25) is 19.2 Å². The van der Waals surface area contributed by atoms with Gasteiger partial charge in [-0.25, -0.2) is 9.37 Å². The molecule has 0 saturated heterocycles. The molecule has 20 nitrogen and oxygen atoms in total. The summed E-state index contributed by atoms with van der Waals surface area (Å²) in [7, 11) is 0. The SMILES string of the molecule is O=C(CCOCCOCCOCCOCCNC(=O)c1ccc(N=Nc2ccc(CCNC(=O)c3ccc(C4=c5cc6c7c(c5Oc5c4cc4c8c5CCCN8CCC4)CCC[N+]=7CCC6)c(C(=O)O)c3)cc2O)cc1)NCCC(=O)N1Cc2ccccc2/C=C\c2ccccc21. The number of azo groups is 1. The minimum atomic E-state index is -1.12. The van der Waals surface area contributed by atoms with Gasteiger partial charge in [0.05, 0.1) is 81.9 Å². The van der Waals surface area contributed by atoms with Crippen LogP contribution in [0.5, 0.6) is 17.2 Å². The molecule has 6 aliphatic heterocycles. The number of carbonyl (C=O) groups excluding carboxylic acids is 4. The Morgan fingerprint density at radius 3 is 2.05 bits per heavy atom. The molecule has 0 bridgehead atoms. The number of carboxylic acids is 1. The van der Waals surface area contributed by atoms with Crippen LogP contribution >= 0.6 is 0 Å². The molecule has 97 heavy (non-hydrogen) atoms. The van der Waals surface area contributed by atoms with Gasteiger partial charge in [-0.1, -0.05) is 66.7 Å². The van der Waals surface area contributed by atoms with E-state index in [9.17, 15) is 34.2 Å². The molecular formula is C77H81N8O12+. The molecule has 500 valence electrons. The van der Waals surface area contributed by atoms with E-state index in [2.05, 4.69) is 53.9 Å². The lowest BCUT2D eigenvalue weighted by Crippen LogP contribution is -2.45. The van der Waals surface area contributed by atoms with Crippen LogP contribution in [0.4, 0.5) is 22.7 Å². The Kier molecular flexibility index (Phi) is 21.0. The van der Waals surface area contributed by atoms with Gasteiger partial charge >= 0.3 is 5.97 Å². The van der Waals surface area contributed by atoms with E-state index >= 15 is 0 Å². The zero-order valence-electron chi connectivity index (χ0n) is 54.5. The molecule has 5 N–H and O–H groups in total. The van der Waals surface area contributed by atoms with Gasteiger partial charge in [-0.2, -0.15) is 5.11 Å². The summed E-state index contributed by atoms with van der Waals surface area (Å²) >= 11 is 0. The average molecular weight is 1310 g/mol. The van der Waals surface area contributed by atoms with E-state index in [-0.39, 0.29) is 72.8 Å². The number of carboxylic acid groups (broad SMARTS) is 1. The van der Waals surface area contributed by atoms with Crippen molar-refractivity contribution in [2.24, 2.45) is 10.2 Å². The average Bonchev–Trinajstić information content (AvgIpc) is 0.711. The second kappa shape index (κ2) is 30.9. The minimum Gasteiger partial charge on any atom is -0.506 e. The fourth-order valence-corrected chi connectivity index (χ4v) is 14.1. The van der Waals surface area contributed by atoms with Crippen LogP contribution in [-0.4, -0.2) is 138 Å². The molecule has 0 saturated carbocycles. The zero-order chi connectivity index (χ0) is 66.6. The molecule has 20 heteroatoms. The van der Waals surface area contributed by atoms with Crippen molar-refractivity contribution < 1.29 is 57.9 Å². The van der Waals surface area contributed by atoms with E-state index in [0.29, 0.717) is 82.6 Å². The molecule has 0 spiro atoms. The number of carbonyl (C=O) groups is 5. The molecule has 6 heterocycles. The number of para-hydroxylation sites is 1. The first kappa shape index (κ1) is 65.8. The van der Waals surface area contributed by atoms with Gasteiger partial charge < -0.3 is 59.6 Å². The number of aryl methyl sites for hydroxylation is 2. The summed E-state index contributed by atoms with van der Waals surface area (Å²) in [6, 6.07) is 36.9. The van der Waals surface area contributed by atoms with E-state index in [0.717, 1.165) is 133 Å². The van der Waals surface area contributed by atoms with Gasteiger partial charge in [0.2, 0.25) is 17.2 Å². The van der Waals surface area contributed by atoms with Crippen LogP contribution in [0.3, 0.4) is 0 Å². The van der Waals surface area contributed by atoms with Crippen molar-refractivity contribution in [3.05, 3.63) is 204 Å². The molecule has 13 rings (SSSR count). The number of fused-ring (bicyclic) bond motifs is 6. The van der Waals surface area contributed by atoms with Gasteiger partial charge in [0.25, 0.3) is 11.8 Å². The lowest BCUT2D eigenvalue weighted by molar-refractivity contribution is -0.122. The number of rotatable bonds is 27. The molecule has 0 fully saturated rings. The normalized spacial score (nSPS) is 15.1. The number of benzene rings is 7. The van der Waals surface area contributed by atoms with E-state index in [4.69, 9.17) is 23.7 Å². The molecular weight excluding hydrogens is 1230 g/mol. The van der Waals surface area contributed by atoms with Crippen molar-refractivity contribution in [1.29, 1.82) is 0 Å². The lowest BCUT2D eigenvalue weighted by atomic mass is 9.81. The van der Waals surface area contributed by atoms with E-state index in [1.807, 2.05) is 54.6 Å². The Bertz CT molecular complexity index is 4350. The van der Waals surface area contributed by atoms with Crippen molar-refractivity contribution >= 4 is 70.1 Å². The summed E-state index contributed by atoms with van der Waals surface area (Å²) < 4.78 is 32.0. The summed E-state index contributed by atoms with van der Waals surface area (Å²) in [5.74, 6) is -0.485. The van der Waals surface area contributed by atoms with Gasteiger partial charge in [0.1, 0.15) is 36.0 Å². The maximum atomic E-state index is 13.8. The van der Waals surface area contributed by atoms with Crippen molar-refractivity contribution in [2.75, 3.05) is 108 Å². The Labute approximate surface area is 563 Å². The maximum Gasteiger partial charge on any atom is 0.336 e.